The summed E-state index contributed by atoms with van der Waals surface area (Å²) in [5.74, 6) is 0.629. The van der Waals surface area contributed by atoms with Crippen LogP contribution in [0.5, 0.6) is 0 Å². The van der Waals surface area contributed by atoms with Crippen molar-refractivity contribution in [3.8, 4) is 0 Å². The normalized spacial score (nSPS) is 15.6. The van der Waals surface area contributed by atoms with Gasteiger partial charge in [0.05, 0.1) is 12.2 Å². The average molecular weight is 217 g/mol. The molecule has 92 valence electrons. The van der Waals surface area contributed by atoms with E-state index in [1.807, 2.05) is 6.92 Å². The lowest BCUT2D eigenvalue weighted by Crippen LogP contribution is -2.40. The van der Waals surface area contributed by atoms with Crippen LogP contribution < -0.4 is 5.32 Å². The molecule has 1 unspecified atom stereocenters. The summed E-state index contributed by atoms with van der Waals surface area (Å²) in [7, 11) is 1.68. The number of ether oxygens (including phenoxy) is 1. The number of hydrogen-bond acceptors (Lipinski definition) is 3. The van der Waals surface area contributed by atoms with Gasteiger partial charge in [-0.25, -0.2) is 0 Å². The maximum atomic E-state index is 10.1. The molecule has 0 heterocycles. The lowest BCUT2D eigenvalue weighted by molar-refractivity contribution is 0.0312. The van der Waals surface area contributed by atoms with Crippen molar-refractivity contribution in [2.45, 2.75) is 45.6 Å². The summed E-state index contributed by atoms with van der Waals surface area (Å²) in [5.41, 5.74) is -0.593. The minimum absolute atomic E-state index is 0.593. The third-order valence-corrected chi connectivity index (χ3v) is 2.87. The fourth-order valence-corrected chi connectivity index (χ4v) is 1.80. The van der Waals surface area contributed by atoms with Crippen molar-refractivity contribution in [2.75, 3.05) is 26.8 Å². The molecule has 0 amide bonds. The van der Waals surface area contributed by atoms with E-state index in [0.29, 0.717) is 19.1 Å². The Morgan fingerprint density at radius 2 is 1.93 bits per heavy atom. The molecule has 0 aliphatic rings. The second kappa shape index (κ2) is 8.08. The molecule has 0 aliphatic heterocycles. The van der Waals surface area contributed by atoms with Gasteiger partial charge >= 0.3 is 0 Å². The van der Waals surface area contributed by atoms with Gasteiger partial charge in [0.1, 0.15) is 0 Å². The van der Waals surface area contributed by atoms with Crippen molar-refractivity contribution in [3.05, 3.63) is 0 Å². The molecule has 0 radical (unpaired) electrons. The highest BCUT2D eigenvalue weighted by Crippen LogP contribution is 2.21. The SMILES string of the molecule is CCC(CC)CC(C)(O)CNCCOC. The number of aliphatic hydroxyl groups is 1. The van der Waals surface area contributed by atoms with E-state index < -0.39 is 5.60 Å². The van der Waals surface area contributed by atoms with E-state index in [1.165, 1.54) is 0 Å². The summed E-state index contributed by atoms with van der Waals surface area (Å²) in [6.45, 7) is 8.42. The number of nitrogens with one attached hydrogen (secondary N) is 1. The van der Waals surface area contributed by atoms with Crippen LogP contribution in [0.4, 0.5) is 0 Å². The molecule has 0 aromatic carbocycles. The Morgan fingerprint density at radius 1 is 1.33 bits per heavy atom. The fourth-order valence-electron chi connectivity index (χ4n) is 1.80. The molecule has 0 rings (SSSR count). The molecule has 3 nitrogen and oxygen atoms in total. The summed E-state index contributed by atoms with van der Waals surface area (Å²) < 4.78 is 4.94. The maximum Gasteiger partial charge on any atom is 0.0746 e. The minimum Gasteiger partial charge on any atom is -0.389 e. The van der Waals surface area contributed by atoms with Gasteiger partial charge in [0, 0.05) is 20.2 Å². The van der Waals surface area contributed by atoms with Crippen molar-refractivity contribution >= 4 is 0 Å². The Morgan fingerprint density at radius 3 is 2.40 bits per heavy atom. The molecule has 0 saturated heterocycles. The van der Waals surface area contributed by atoms with Gasteiger partial charge in [-0.3, -0.25) is 0 Å². The molecule has 2 N–H and O–H groups in total. The van der Waals surface area contributed by atoms with E-state index in [0.717, 1.165) is 25.8 Å². The minimum atomic E-state index is -0.593. The van der Waals surface area contributed by atoms with Crippen LogP contribution in [0.15, 0.2) is 0 Å². The predicted molar refractivity (Wildman–Crippen MR) is 64.1 cm³/mol. The van der Waals surface area contributed by atoms with Gasteiger partial charge in [0.25, 0.3) is 0 Å². The first-order valence-corrected chi connectivity index (χ1v) is 5.97. The highest BCUT2D eigenvalue weighted by Gasteiger charge is 2.23. The molecule has 15 heavy (non-hydrogen) atoms. The second-order valence-electron chi connectivity index (χ2n) is 4.55. The lowest BCUT2D eigenvalue weighted by Gasteiger charge is -2.27. The van der Waals surface area contributed by atoms with E-state index in [1.54, 1.807) is 7.11 Å². The van der Waals surface area contributed by atoms with Crippen LogP contribution in [0.1, 0.15) is 40.0 Å². The molecular formula is C12H27NO2. The van der Waals surface area contributed by atoms with Gasteiger partial charge in [-0.15, -0.1) is 0 Å². The summed E-state index contributed by atoms with van der Waals surface area (Å²) >= 11 is 0. The van der Waals surface area contributed by atoms with Crippen LogP contribution in [-0.4, -0.2) is 37.5 Å². The van der Waals surface area contributed by atoms with Crippen LogP contribution in [0, 0.1) is 5.92 Å². The lowest BCUT2D eigenvalue weighted by atomic mass is 9.88. The van der Waals surface area contributed by atoms with Crippen molar-refractivity contribution in [1.29, 1.82) is 0 Å². The zero-order valence-corrected chi connectivity index (χ0v) is 10.7. The van der Waals surface area contributed by atoms with E-state index in [-0.39, 0.29) is 0 Å². The van der Waals surface area contributed by atoms with Gasteiger partial charge in [-0.1, -0.05) is 26.7 Å². The second-order valence-corrected chi connectivity index (χ2v) is 4.55. The Kier molecular flexibility index (Phi) is 8.02. The Labute approximate surface area is 94.2 Å². The molecule has 1 atom stereocenters. The molecule has 3 heteroatoms. The van der Waals surface area contributed by atoms with E-state index >= 15 is 0 Å². The zero-order valence-electron chi connectivity index (χ0n) is 10.7. The number of hydrogen-bond donors (Lipinski definition) is 2. The van der Waals surface area contributed by atoms with Crippen molar-refractivity contribution < 1.29 is 9.84 Å². The molecule has 0 fully saturated rings. The molecule has 0 bridgehead atoms. The first-order valence-electron chi connectivity index (χ1n) is 5.97. The first kappa shape index (κ1) is 14.9. The van der Waals surface area contributed by atoms with Crippen LogP contribution in [0.2, 0.25) is 0 Å². The van der Waals surface area contributed by atoms with Gasteiger partial charge in [0.2, 0.25) is 0 Å². The average Bonchev–Trinajstić information content (AvgIpc) is 2.21. The molecule has 0 aliphatic carbocycles. The Bertz CT molecular complexity index is 145. The van der Waals surface area contributed by atoms with Crippen molar-refractivity contribution in [2.24, 2.45) is 5.92 Å². The predicted octanol–water partition coefficient (Wildman–Crippen LogP) is 1.80. The standard InChI is InChI=1S/C12H27NO2/c1-5-11(6-2)9-12(3,14)10-13-7-8-15-4/h11,13-14H,5-10H2,1-4H3. The van der Waals surface area contributed by atoms with Crippen molar-refractivity contribution in [3.63, 3.8) is 0 Å². The number of methoxy groups -OCH3 is 1. The van der Waals surface area contributed by atoms with E-state index in [4.69, 9.17) is 4.74 Å². The molecule has 0 spiro atoms. The largest absolute Gasteiger partial charge is 0.389 e. The third-order valence-electron chi connectivity index (χ3n) is 2.87. The highest BCUT2D eigenvalue weighted by atomic mass is 16.5. The summed E-state index contributed by atoms with van der Waals surface area (Å²) in [6.07, 6.45) is 3.16. The summed E-state index contributed by atoms with van der Waals surface area (Å²) in [4.78, 5) is 0. The van der Waals surface area contributed by atoms with Gasteiger partial charge in [-0.2, -0.15) is 0 Å². The van der Waals surface area contributed by atoms with Gasteiger partial charge < -0.3 is 15.2 Å². The quantitative estimate of drug-likeness (QED) is 0.579. The third kappa shape index (κ3) is 7.77. The fraction of sp³-hybridized carbons (Fsp3) is 1.00. The van der Waals surface area contributed by atoms with E-state index in [2.05, 4.69) is 19.2 Å². The Hall–Kier alpha value is -0.120. The van der Waals surface area contributed by atoms with Crippen LogP contribution in [0.25, 0.3) is 0 Å². The topological polar surface area (TPSA) is 41.5 Å². The van der Waals surface area contributed by atoms with Crippen LogP contribution in [0.3, 0.4) is 0 Å². The summed E-state index contributed by atoms with van der Waals surface area (Å²) in [6, 6.07) is 0. The maximum absolute atomic E-state index is 10.1. The van der Waals surface area contributed by atoms with E-state index in [9.17, 15) is 5.11 Å². The monoisotopic (exact) mass is 217 g/mol. The van der Waals surface area contributed by atoms with Crippen molar-refractivity contribution in [1.82, 2.24) is 5.32 Å². The molecule has 0 aromatic rings. The molecular weight excluding hydrogens is 190 g/mol. The summed E-state index contributed by atoms with van der Waals surface area (Å²) in [5, 5.41) is 13.3. The van der Waals surface area contributed by atoms with Crippen LogP contribution in [-0.2, 0) is 4.74 Å². The van der Waals surface area contributed by atoms with Gasteiger partial charge in [-0.05, 0) is 19.3 Å². The zero-order chi connectivity index (χ0) is 11.7. The smallest absolute Gasteiger partial charge is 0.0746 e. The number of rotatable bonds is 9. The molecule has 0 aromatic heterocycles. The molecule has 0 saturated carbocycles. The van der Waals surface area contributed by atoms with Crippen LogP contribution >= 0.6 is 0 Å². The Balaban J connectivity index is 3.74. The highest BCUT2D eigenvalue weighted by molar-refractivity contribution is 4.78. The first-order chi connectivity index (χ1) is 7.05. The van der Waals surface area contributed by atoms with Gasteiger partial charge in [0.15, 0.2) is 0 Å².